The lowest BCUT2D eigenvalue weighted by molar-refractivity contribution is 0.628. The molecule has 0 saturated carbocycles. The maximum absolute atomic E-state index is 12.6. The summed E-state index contributed by atoms with van der Waals surface area (Å²) < 4.78 is 12.6. The lowest BCUT2D eigenvalue weighted by atomic mass is 10.1. The Bertz CT molecular complexity index is 439. The van der Waals surface area contributed by atoms with Crippen molar-refractivity contribution < 1.29 is 4.39 Å². The molecule has 3 nitrogen and oxygen atoms in total. The molecule has 1 heterocycles. The lowest BCUT2D eigenvalue weighted by Gasteiger charge is -2.00. The van der Waals surface area contributed by atoms with Crippen LogP contribution in [0.5, 0.6) is 0 Å². The number of aromatic nitrogens is 2. The zero-order chi connectivity index (χ0) is 9.97. The van der Waals surface area contributed by atoms with Crippen LogP contribution < -0.4 is 5.73 Å². The first-order chi connectivity index (χ1) is 6.75. The van der Waals surface area contributed by atoms with Crippen LogP contribution in [0.1, 0.15) is 0 Å². The molecule has 0 atom stereocenters. The van der Waals surface area contributed by atoms with Gasteiger partial charge in [-0.3, -0.25) is 0 Å². The fraction of sp³-hybridized carbons (Fsp3) is 0. The van der Waals surface area contributed by atoms with Crippen molar-refractivity contribution in [3.8, 4) is 11.3 Å². The van der Waals surface area contributed by atoms with Crippen molar-refractivity contribution in [2.45, 2.75) is 0 Å². The molecule has 0 saturated heterocycles. The summed E-state index contributed by atoms with van der Waals surface area (Å²) >= 11 is 0. The van der Waals surface area contributed by atoms with E-state index in [1.54, 1.807) is 24.4 Å². The average Bonchev–Trinajstić information content (AvgIpc) is 2.19. The molecule has 2 aromatic rings. The minimum atomic E-state index is -0.268. The van der Waals surface area contributed by atoms with Crippen molar-refractivity contribution in [2.75, 3.05) is 5.73 Å². The van der Waals surface area contributed by atoms with E-state index in [-0.39, 0.29) is 11.8 Å². The van der Waals surface area contributed by atoms with Crippen LogP contribution in [0, 0.1) is 5.82 Å². The van der Waals surface area contributed by atoms with Crippen molar-refractivity contribution in [1.82, 2.24) is 9.97 Å². The molecule has 0 radical (unpaired) electrons. The van der Waals surface area contributed by atoms with E-state index in [4.69, 9.17) is 5.73 Å². The quantitative estimate of drug-likeness (QED) is 0.744. The Hall–Kier alpha value is -1.97. The monoisotopic (exact) mass is 189 g/mol. The topological polar surface area (TPSA) is 51.8 Å². The van der Waals surface area contributed by atoms with Crippen LogP contribution in [-0.4, -0.2) is 9.97 Å². The van der Waals surface area contributed by atoms with Crippen molar-refractivity contribution in [2.24, 2.45) is 0 Å². The van der Waals surface area contributed by atoms with Crippen LogP contribution >= 0.6 is 0 Å². The number of anilines is 1. The molecule has 0 aliphatic heterocycles. The van der Waals surface area contributed by atoms with E-state index in [2.05, 4.69) is 9.97 Å². The summed E-state index contributed by atoms with van der Waals surface area (Å²) in [5.74, 6) is -0.0531. The highest BCUT2D eigenvalue weighted by molar-refractivity contribution is 5.59. The van der Waals surface area contributed by atoms with Gasteiger partial charge >= 0.3 is 0 Å². The molecular formula is C10H8FN3. The van der Waals surface area contributed by atoms with Crippen molar-refractivity contribution in [1.29, 1.82) is 0 Å². The first-order valence-electron chi connectivity index (χ1n) is 4.10. The molecule has 2 rings (SSSR count). The molecule has 70 valence electrons. The number of nitrogens with two attached hydrogens (primary N) is 1. The maximum atomic E-state index is 12.6. The van der Waals surface area contributed by atoms with Gasteiger partial charge in [0.25, 0.3) is 0 Å². The number of hydrogen-bond acceptors (Lipinski definition) is 3. The third-order valence-electron chi connectivity index (χ3n) is 1.81. The Balaban J connectivity index is 2.44. The van der Waals surface area contributed by atoms with Crippen molar-refractivity contribution >= 4 is 5.95 Å². The van der Waals surface area contributed by atoms with Crippen LogP contribution in [0.3, 0.4) is 0 Å². The van der Waals surface area contributed by atoms with Gasteiger partial charge in [-0.1, -0.05) is 0 Å². The Morgan fingerprint density at radius 1 is 1.07 bits per heavy atom. The minimum absolute atomic E-state index is 0.215. The second kappa shape index (κ2) is 3.41. The van der Waals surface area contributed by atoms with E-state index >= 15 is 0 Å². The number of halogens is 1. The summed E-state index contributed by atoms with van der Waals surface area (Å²) in [6, 6.07) is 7.79. The van der Waals surface area contributed by atoms with Gasteiger partial charge in [0.15, 0.2) is 0 Å². The first-order valence-corrected chi connectivity index (χ1v) is 4.10. The van der Waals surface area contributed by atoms with Crippen LogP contribution in [0.4, 0.5) is 10.3 Å². The predicted molar refractivity (Wildman–Crippen MR) is 51.8 cm³/mol. The fourth-order valence-electron chi connectivity index (χ4n) is 1.16. The lowest BCUT2D eigenvalue weighted by Crippen LogP contribution is -1.94. The highest BCUT2D eigenvalue weighted by Gasteiger charge is 1.99. The van der Waals surface area contributed by atoms with E-state index in [0.29, 0.717) is 5.69 Å². The Kier molecular flexibility index (Phi) is 2.10. The van der Waals surface area contributed by atoms with Crippen LogP contribution in [-0.2, 0) is 0 Å². The maximum Gasteiger partial charge on any atom is 0.220 e. The number of benzene rings is 1. The van der Waals surface area contributed by atoms with E-state index < -0.39 is 0 Å². The molecular weight excluding hydrogens is 181 g/mol. The molecule has 0 unspecified atom stereocenters. The zero-order valence-corrected chi connectivity index (χ0v) is 7.31. The van der Waals surface area contributed by atoms with Crippen LogP contribution in [0.2, 0.25) is 0 Å². The highest BCUT2D eigenvalue weighted by atomic mass is 19.1. The number of nitrogen functional groups attached to an aromatic ring is 1. The van der Waals surface area contributed by atoms with Gasteiger partial charge in [0.2, 0.25) is 5.95 Å². The summed E-state index contributed by atoms with van der Waals surface area (Å²) in [7, 11) is 0. The minimum Gasteiger partial charge on any atom is -0.368 e. The first kappa shape index (κ1) is 8.62. The summed E-state index contributed by atoms with van der Waals surface area (Å²) in [4.78, 5) is 7.79. The Labute approximate surface area is 80.4 Å². The molecule has 1 aromatic heterocycles. The highest BCUT2D eigenvalue weighted by Crippen LogP contribution is 2.16. The molecule has 0 aliphatic rings. The molecule has 0 aliphatic carbocycles. The molecule has 0 amide bonds. The Morgan fingerprint density at radius 3 is 2.43 bits per heavy atom. The predicted octanol–water partition coefficient (Wildman–Crippen LogP) is 1.86. The van der Waals surface area contributed by atoms with E-state index in [0.717, 1.165) is 5.56 Å². The number of rotatable bonds is 1. The van der Waals surface area contributed by atoms with Gasteiger partial charge in [0.1, 0.15) is 5.82 Å². The van der Waals surface area contributed by atoms with Gasteiger partial charge in [-0.25, -0.2) is 14.4 Å². The van der Waals surface area contributed by atoms with Gasteiger partial charge in [-0.15, -0.1) is 0 Å². The molecule has 0 spiro atoms. The average molecular weight is 189 g/mol. The fourth-order valence-corrected chi connectivity index (χ4v) is 1.16. The second-order valence-corrected chi connectivity index (χ2v) is 2.81. The summed E-state index contributed by atoms with van der Waals surface area (Å²) in [6.45, 7) is 0. The normalized spacial score (nSPS) is 10.1. The summed E-state index contributed by atoms with van der Waals surface area (Å²) in [6.07, 6.45) is 1.57. The molecule has 0 bridgehead atoms. The Morgan fingerprint density at radius 2 is 1.79 bits per heavy atom. The van der Waals surface area contributed by atoms with Crippen LogP contribution in [0.15, 0.2) is 36.5 Å². The summed E-state index contributed by atoms with van der Waals surface area (Å²) in [5, 5.41) is 0. The molecule has 2 N–H and O–H groups in total. The summed E-state index contributed by atoms with van der Waals surface area (Å²) in [5.41, 5.74) is 6.94. The van der Waals surface area contributed by atoms with Gasteiger partial charge in [-0.2, -0.15) is 0 Å². The van der Waals surface area contributed by atoms with Crippen molar-refractivity contribution in [3.63, 3.8) is 0 Å². The number of nitrogens with zero attached hydrogens (tertiary/aromatic N) is 2. The van der Waals surface area contributed by atoms with Gasteiger partial charge in [-0.05, 0) is 30.3 Å². The third-order valence-corrected chi connectivity index (χ3v) is 1.81. The van der Waals surface area contributed by atoms with Gasteiger partial charge < -0.3 is 5.73 Å². The number of hydrogen-bond donors (Lipinski definition) is 1. The molecule has 4 heteroatoms. The molecule has 14 heavy (non-hydrogen) atoms. The SMILES string of the molecule is Nc1nccc(-c2ccc(F)cc2)n1. The largest absolute Gasteiger partial charge is 0.368 e. The zero-order valence-electron chi connectivity index (χ0n) is 7.31. The smallest absolute Gasteiger partial charge is 0.220 e. The molecule has 0 fully saturated rings. The van der Waals surface area contributed by atoms with Gasteiger partial charge in [0.05, 0.1) is 5.69 Å². The van der Waals surface area contributed by atoms with Crippen LogP contribution in [0.25, 0.3) is 11.3 Å². The van der Waals surface area contributed by atoms with Crippen molar-refractivity contribution in [3.05, 3.63) is 42.3 Å². The third kappa shape index (κ3) is 1.69. The van der Waals surface area contributed by atoms with E-state index in [9.17, 15) is 4.39 Å². The van der Waals surface area contributed by atoms with E-state index in [1.165, 1.54) is 12.1 Å². The standard InChI is InChI=1S/C10H8FN3/c11-8-3-1-7(2-4-8)9-5-6-13-10(12)14-9/h1-6H,(H2,12,13,14). The van der Waals surface area contributed by atoms with Gasteiger partial charge in [0, 0.05) is 11.8 Å². The molecule has 1 aromatic carbocycles. The second-order valence-electron chi connectivity index (χ2n) is 2.81. The van der Waals surface area contributed by atoms with E-state index in [1.807, 2.05) is 0 Å².